The van der Waals surface area contributed by atoms with Gasteiger partial charge in [0, 0.05) is 12.8 Å². The highest BCUT2D eigenvalue weighted by Crippen LogP contribution is 2.16. The zero-order valence-electron chi connectivity index (χ0n) is 17.2. The van der Waals surface area contributed by atoms with Crippen molar-refractivity contribution in [2.24, 2.45) is 0 Å². The molecule has 0 aliphatic heterocycles. The lowest BCUT2D eigenvalue weighted by atomic mass is 10.1. The lowest BCUT2D eigenvalue weighted by Gasteiger charge is -2.19. The van der Waals surface area contributed by atoms with Crippen LogP contribution in [0.5, 0.6) is 0 Å². The minimum Gasteiger partial charge on any atom is -0.432 e. The largest absolute Gasteiger partial charge is 0.432 e. The smallest absolute Gasteiger partial charge is 0.341 e. The molecular weight excluding hydrogens is 360 g/mol. The van der Waals surface area contributed by atoms with Crippen LogP contribution in [0.1, 0.15) is 61.3 Å². The molecule has 1 aromatic rings. The fraction of sp³-hybridized carbons (Fsp3) is 0.455. The average Bonchev–Trinajstić information content (AvgIpc) is 2.67. The molecule has 0 aromatic heterocycles. The molecule has 6 heteroatoms. The maximum atomic E-state index is 12.6. The molecule has 0 heterocycles. The molecule has 0 saturated heterocycles. The third-order valence-electron chi connectivity index (χ3n) is 3.54. The van der Waals surface area contributed by atoms with Gasteiger partial charge in [0.05, 0.1) is 24.3 Å². The van der Waals surface area contributed by atoms with Gasteiger partial charge in [0.2, 0.25) is 12.6 Å². The fourth-order valence-corrected chi connectivity index (χ4v) is 2.15. The number of hydrogen-bond donors (Lipinski definition) is 0. The van der Waals surface area contributed by atoms with Gasteiger partial charge in [0.25, 0.3) is 0 Å². The first-order valence-corrected chi connectivity index (χ1v) is 9.31. The van der Waals surface area contributed by atoms with Crippen molar-refractivity contribution in [2.45, 2.75) is 53.1 Å². The molecular formula is C22H30O6. The quantitative estimate of drug-likeness (QED) is 0.294. The van der Waals surface area contributed by atoms with Crippen LogP contribution in [0.25, 0.3) is 0 Å². The minimum atomic E-state index is -0.726. The standard InChI is InChI=1S/C22H30O6/c1-7-19(25-13-15(3)4)27-21(23)17-11-9-10-12-18(17)22(24)28-20(8-2)26-14-16(5)6/h9-12,19-20H,3,5,7-8,13-14H2,1-2,4,6H3. The van der Waals surface area contributed by atoms with Crippen LogP contribution >= 0.6 is 0 Å². The van der Waals surface area contributed by atoms with Crippen LogP contribution in [0.15, 0.2) is 48.6 Å². The monoisotopic (exact) mass is 390 g/mol. The highest BCUT2D eigenvalue weighted by Gasteiger charge is 2.23. The molecule has 0 aliphatic rings. The summed E-state index contributed by atoms with van der Waals surface area (Å²) in [5.74, 6) is -1.31. The van der Waals surface area contributed by atoms with E-state index in [0.29, 0.717) is 12.8 Å². The van der Waals surface area contributed by atoms with Crippen molar-refractivity contribution >= 4 is 11.9 Å². The van der Waals surface area contributed by atoms with Crippen molar-refractivity contribution < 1.29 is 28.5 Å². The summed E-state index contributed by atoms with van der Waals surface area (Å²) in [6.45, 7) is 15.4. The number of ether oxygens (including phenoxy) is 4. The molecule has 1 aromatic carbocycles. The van der Waals surface area contributed by atoms with Crippen LogP contribution < -0.4 is 0 Å². The molecule has 0 spiro atoms. The number of hydrogen-bond acceptors (Lipinski definition) is 6. The molecule has 1 rings (SSSR count). The fourth-order valence-electron chi connectivity index (χ4n) is 2.15. The van der Waals surface area contributed by atoms with Crippen molar-refractivity contribution in [3.8, 4) is 0 Å². The van der Waals surface area contributed by atoms with E-state index in [9.17, 15) is 9.59 Å². The second-order valence-corrected chi connectivity index (χ2v) is 6.57. The summed E-state index contributed by atoms with van der Waals surface area (Å²) in [6.07, 6.45) is -0.512. The SMILES string of the molecule is C=C(C)COC(CC)OC(=O)c1ccccc1C(=O)OC(CC)OCC(=C)C. The Bertz CT molecular complexity index is 635. The van der Waals surface area contributed by atoms with E-state index in [0.717, 1.165) is 11.1 Å². The zero-order valence-corrected chi connectivity index (χ0v) is 17.2. The highest BCUT2D eigenvalue weighted by atomic mass is 16.7. The van der Waals surface area contributed by atoms with Gasteiger partial charge in [0.1, 0.15) is 0 Å². The van der Waals surface area contributed by atoms with Gasteiger partial charge in [-0.3, -0.25) is 0 Å². The van der Waals surface area contributed by atoms with Gasteiger partial charge in [-0.05, 0) is 26.0 Å². The molecule has 0 saturated carbocycles. The van der Waals surface area contributed by atoms with Gasteiger partial charge in [-0.15, -0.1) is 0 Å². The summed E-state index contributed by atoms with van der Waals surface area (Å²) in [6, 6.07) is 6.33. The van der Waals surface area contributed by atoms with E-state index in [4.69, 9.17) is 18.9 Å². The second kappa shape index (κ2) is 12.1. The predicted molar refractivity (Wildman–Crippen MR) is 107 cm³/mol. The first kappa shape index (κ1) is 23.6. The Morgan fingerprint density at radius 3 is 1.46 bits per heavy atom. The number of rotatable bonds is 12. The first-order valence-electron chi connectivity index (χ1n) is 9.31. The summed E-state index contributed by atoms with van der Waals surface area (Å²) in [7, 11) is 0. The van der Waals surface area contributed by atoms with Gasteiger partial charge in [0.15, 0.2) is 0 Å². The lowest BCUT2D eigenvalue weighted by Crippen LogP contribution is -2.25. The summed E-state index contributed by atoms with van der Waals surface area (Å²) >= 11 is 0. The summed E-state index contributed by atoms with van der Waals surface area (Å²) in [4.78, 5) is 25.2. The molecule has 154 valence electrons. The van der Waals surface area contributed by atoms with E-state index in [2.05, 4.69) is 13.2 Å². The van der Waals surface area contributed by atoms with Crippen molar-refractivity contribution in [1.82, 2.24) is 0 Å². The van der Waals surface area contributed by atoms with Crippen LogP contribution in [-0.4, -0.2) is 37.7 Å². The van der Waals surface area contributed by atoms with E-state index in [1.165, 1.54) is 12.1 Å². The Kier molecular flexibility index (Phi) is 10.2. The van der Waals surface area contributed by atoms with E-state index in [1.54, 1.807) is 12.1 Å². The van der Waals surface area contributed by atoms with Gasteiger partial charge in [-0.25, -0.2) is 9.59 Å². The number of esters is 2. The molecule has 2 atom stereocenters. The van der Waals surface area contributed by atoms with Crippen LogP contribution in [0.2, 0.25) is 0 Å². The maximum Gasteiger partial charge on any atom is 0.341 e. The maximum absolute atomic E-state index is 12.6. The summed E-state index contributed by atoms with van der Waals surface area (Å²) in [5.41, 5.74) is 1.86. The van der Waals surface area contributed by atoms with Gasteiger partial charge in [-0.2, -0.15) is 0 Å². The molecule has 0 N–H and O–H groups in total. The molecule has 0 aliphatic carbocycles. The second-order valence-electron chi connectivity index (χ2n) is 6.57. The number of carbonyl (C=O) groups is 2. The van der Waals surface area contributed by atoms with E-state index in [1.807, 2.05) is 27.7 Å². The molecule has 0 bridgehead atoms. The Balaban J connectivity index is 2.87. The van der Waals surface area contributed by atoms with E-state index >= 15 is 0 Å². The third-order valence-corrected chi connectivity index (χ3v) is 3.54. The van der Waals surface area contributed by atoms with Gasteiger partial charge >= 0.3 is 11.9 Å². The lowest BCUT2D eigenvalue weighted by molar-refractivity contribution is -0.106. The Labute approximate surface area is 167 Å². The van der Waals surface area contributed by atoms with Crippen LogP contribution in [0, 0.1) is 0 Å². The summed E-state index contributed by atoms with van der Waals surface area (Å²) in [5, 5.41) is 0. The third kappa shape index (κ3) is 8.06. The molecule has 0 amide bonds. The normalized spacial score (nSPS) is 12.7. The zero-order chi connectivity index (χ0) is 21.1. The average molecular weight is 390 g/mol. The molecule has 0 radical (unpaired) electrons. The molecule has 2 unspecified atom stereocenters. The van der Waals surface area contributed by atoms with Crippen molar-refractivity contribution in [2.75, 3.05) is 13.2 Å². The van der Waals surface area contributed by atoms with Crippen LogP contribution in [0.4, 0.5) is 0 Å². The summed E-state index contributed by atoms with van der Waals surface area (Å²) < 4.78 is 21.8. The number of benzene rings is 1. The Morgan fingerprint density at radius 2 is 1.18 bits per heavy atom. The van der Waals surface area contributed by atoms with E-state index in [-0.39, 0.29) is 24.3 Å². The Morgan fingerprint density at radius 1 is 0.821 bits per heavy atom. The Hall–Kier alpha value is -2.44. The van der Waals surface area contributed by atoms with Gasteiger partial charge < -0.3 is 18.9 Å². The van der Waals surface area contributed by atoms with Crippen LogP contribution in [-0.2, 0) is 18.9 Å². The van der Waals surface area contributed by atoms with Crippen molar-refractivity contribution in [3.05, 3.63) is 59.7 Å². The van der Waals surface area contributed by atoms with Crippen molar-refractivity contribution in [1.29, 1.82) is 0 Å². The molecule has 6 nitrogen and oxygen atoms in total. The van der Waals surface area contributed by atoms with Crippen molar-refractivity contribution in [3.63, 3.8) is 0 Å². The first-order chi connectivity index (χ1) is 13.3. The molecule has 0 fully saturated rings. The van der Waals surface area contributed by atoms with E-state index < -0.39 is 24.5 Å². The number of carbonyl (C=O) groups excluding carboxylic acids is 2. The topological polar surface area (TPSA) is 71.1 Å². The highest BCUT2D eigenvalue weighted by molar-refractivity contribution is 6.03. The minimum absolute atomic E-state index is 0.111. The van der Waals surface area contributed by atoms with Crippen LogP contribution in [0.3, 0.4) is 0 Å². The van der Waals surface area contributed by atoms with Gasteiger partial charge in [-0.1, -0.05) is 50.3 Å². The predicted octanol–water partition coefficient (Wildman–Crippen LogP) is 4.66. The molecule has 28 heavy (non-hydrogen) atoms.